The van der Waals surface area contributed by atoms with Gasteiger partial charge < -0.3 is 5.32 Å². The molecule has 0 amide bonds. The number of nitrogens with zero attached hydrogens (tertiary/aromatic N) is 3. The number of nitrogens with one attached hydrogen (secondary N) is 1. The van der Waals surface area contributed by atoms with Crippen LogP contribution >= 0.6 is 0 Å². The Morgan fingerprint density at radius 1 is 1.47 bits per heavy atom. The maximum atomic E-state index is 11.7. The molecule has 1 fully saturated rings. The number of rotatable bonds is 3. The summed E-state index contributed by atoms with van der Waals surface area (Å²) >= 11 is 0. The van der Waals surface area contributed by atoms with Crippen molar-refractivity contribution < 1.29 is 8.42 Å². The number of hydrogen-bond donors (Lipinski definition) is 1. The highest BCUT2D eigenvalue weighted by Gasteiger charge is 2.41. The Bertz CT molecular complexity index is 559. The lowest BCUT2D eigenvalue weighted by atomic mass is 10.0. The van der Waals surface area contributed by atoms with E-state index in [0.29, 0.717) is 13.0 Å². The summed E-state index contributed by atoms with van der Waals surface area (Å²) in [5, 5.41) is 7.59. The van der Waals surface area contributed by atoms with Gasteiger partial charge in [-0.05, 0) is 34.1 Å². The van der Waals surface area contributed by atoms with Gasteiger partial charge in [-0.2, -0.15) is 5.10 Å². The van der Waals surface area contributed by atoms with Crippen LogP contribution in [0, 0.1) is 0 Å². The Balaban J connectivity index is 2.20. The molecule has 0 radical (unpaired) electrons. The largest absolute Gasteiger partial charge is 0.305 e. The first-order valence-electron chi connectivity index (χ1n) is 6.46. The molecule has 1 aromatic heterocycles. The zero-order chi connectivity index (χ0) is 14.3. The highest BCUT2D eigenvalue weighted by Crippen LogP contribution is 2.30. The van der Waals surface area contributed by atoms with Crippen LogP contribution in [0.5, 0.6) is 0 Å². The molecule has 6 nitrogen and oxygen atoms in total. The molecule has 19 heavy (non-hydrogen) atoms. The predicted octanol–water partition coefficient (Wildman–Crippen LogP) is 0.700. The highest BCUT2D eigenvalue weighted by molar-refractivity contribution is 7.91. The van der Waals surface area contributed by atoms with Gasteiger partial charge in [0.15, 0.2) is 9.84 Å². The van der Waals surface area contributed by atoms with E-state index in [-0.39, 0.29) is 17.0 Å². The molecule has 1 N–H and O–H groups in total. The van der Waals surface area contributed by atoms with Gasteiger partial charge >= 0.3 is 0 Å². The molecule has 1 aliphatic rings. The summed E-state index contributed by atoms with van der Waals surface area (Å²) in [5.41, 5.74) is -0.482. The first-order valence-corrected chi connectivity index (χ1v) is 8.28. The third kappa shape index (κ3) is 3.33. The van der Waals surface area contributed by atoms with Crippen LogP contribution in [-0.2, 0) is 21.9 Å². The van der Waals surface area contributed by atoms with Gasteiger partial charge in [0.05, 0.1) is 23.6 Å². The van der Waals surface area contributed by atoms with Crippen molar-refractivity contribution in [3.05, 3.63) is 12.2 Å². The second-order valence-corrected chi connectivity index (χ2v) is 8.71. The molecule has 0 spiro atoms. The van der Waals surface area contributed by atoms with Crippen molar-refractivity contribution in [3.63, 3.8) is 0 Å². The molecular formula is C12H22N4O2S. The van der Waals surface area contributed by atoms with Crippen LogP contribution in [0.1, 0.15) is 39.9 Å². The topological polar surface area (TPSA) is 76.9 Å². The van der Waals surface area contributed by atoms with E-state index in [1.807, 2.05) is 6.92 Å². The summed E-state index contributed by atoms with van der Waals surface area (Å²) in [4.78, 5) is 4.25. The second-order valence-electron chi connectivity index (χ2n) is 6.53. The van der Waals surface area contributed by atoms with Gasteiger partial charge in [-0.3, -0.25) is 0 Å². The van der Waals surface area contributed by atoms with Gasteiger partial charge in [-0.15, -0.1) is 0 Å². The normalized spacial score (nSPS) is 26.7. The van der Waals surface area contributed by atoms with Crippen molar-refractivity contribution in [2.75, 3.05) is 11.5 Å². The third-order valence-electron chi connectivity index (χ3n) is 3.39. The van der Waals surface area contributed by atoms with Gasteiger partial charge in [-0.1, -0.05) is 0 Å². The van der Waals surface area contributed by atoms with Gasteiger partial charge in [0, 0.05) is 5.54 Å². The summed E-state index contributed by atoms with van der Waals surface area (Å²) < 4.78 is 25.2. The molecule has 1 atom stereocenters. The highest BCUT2D eigenvalue weighted by atomic mass is 32.2. The third-order valence-corrected chi connectivity index (χ3v) is 5.28. The van der Waals surface area contributed by atoms with Gasteiger partial charge in [0.2, 0.25) is 0 Å². The first kappa shape index (κ1) is 14.5. The zero-order valence-corrected chi connectivity index (χ0v) is 12.8. The van der Waals surface area contributed by atoms with Crippen LogP contribution in [-0.4, -0.2) is 40.2 Å². The number of aromatic nitrogens is 3. The van der Waals surface area contributed by atoms with Crippen molar-refractivity contribution in [2.45, 2.75) is 51.7 Å². The van der Waals surface area contributed by atoms with Crippen LogP contribution < -0.4 is 5.32 Å². The van der Waals surface area contributed by atoms with E-state index in [0.717, 1.165) is 5.82 Å². The van der Waals surface area contributed by atoms with Gasteiger partial charge in [0.1, 0.15) is 12.2 Å². The fraction of sp³-hybridized carbons (Fsp3) is 0.833. The Morgan fingerprint density at radius 2 is 2.16 bits per heavy atom. The molecular weight excluding hydrogens is 264 g/mol. The fourth-order valence-corrected chi connectivity index (χ4v) is 4.45. The number of hydrogen-bond acceptors (Lipinski definition) is 5. The molecule has 1 aromatic rings. The Labute approximate surface area is 114 Å². The van der Waals surface area contributed by atoms with E-state index in [2.05, 4.69) is 36.2 Å². The monoisotopic (exact) mass is 286 g/mol. The smallest absolute Gasteiger partial charge is 0.152 e. The number of sulfone groups is 1. The Morgan fingerprint density at radius 3 is 2.68 bits per heavy atom. The van der Waals surface area contributed by atoms with Crippen molar-refractivity contribution >= 4 is 9.84 Å². The molecule has 2 heterocycles. The maximum Gasteiger partial charge on any atom is 0.152 e. The van der Waals surface area contributed by atoms with E-state index in [1.165, 1.54) is 6.33 Å². The maximum absolute atomic E-state index is 11.7. The molecule has 7 heteroatoms. The van der Waals surface area contributed by atoms with E-state index >= 15 is 0 Å². The minimum atomic E-state index is -2.95. The summed E-state index contributed by atoms with van der Waals surface area (Å²) in [5.74, 6) is 1.16. The van der Waals surface area contributed by atoms with Crippen LogP contribution in [0.15, 0.2) is 6.33 Å². The summed E-state index contributed by atoms with van der Waals surface area (Å²) in [6.07, 6.45) is 2.09. The molecule has 108 valence electrons. The molecule has 2 rings (SSSR count). The molecule has 1 aliphatic heterocycles. The van der Waals surface area contributed by atoms with E-state index < -0.39 is 15.4 Å². The van der Waals surface area contributed by atoms with Crippen LogP contribution in [0.3, 0.4) is 0 Å². The van der Waals surface area contributed by atoms with Crippen LogP contribution in [0.2, 0.25) is 0 Å². The standard InChI is InChI=1S/C12H22N4O2S/c1-11(2,3)14-7-10-13-9-15-16(10)12(4)5-6-19(17,18)8-12/h9,14H,5-8H2,1-4H3. The molecule has 0 aliphatic carbocycles. The Hall–Kier alpha value is -0.950. The molecule has 0 bridgehead atoms. The van der Waals surface area contributed by atoms with Crippen molar-refractivity contribution in [1.29, 1.82) is 0 Å². The van der Waals surface area contributed by atoms with Crippen LogP contribution in [0.4, 0.5) is 0 Å². The second kappa shape index (κ2) is 4.56. The summed E-state index contributed by atoms with van der Waals surface area (Å²) in [7, 11) is -2.95. The summed E-state index contributed by atoms with van der Waals surface area (Å²) in [6, 6.07) is 0. The van der Waals surface area contributed by atoms with Crippen LogP contribution in [0.25, 0.3) is 0 Å². The molecule has 0 aromatic carbocycles. The first-order chi connectivity index (χ1) is 8.61. The molecule has 1 saturated heterocycles. The van der Waals surface area contributed by atoms with E-state index in [9.17, 15) is 8.42 Å². The minimum absolute atomic E-state index is 0.0144. The minimum Gasteiger partial charge on any atom is -0.305 e. The lowest BCUT2D eigenvalue weighted by Crippen LogP contribution is -2.39. The lowest BCUT2D eigenvalue weighted by Gasteiger charge is -2.26. The molecule has 1 unspecified atom stereocenters. The van der Waals surface area contributed by atoms with Gasteiger partial charge in [-0.25, -0.2) is 18.1 Å². The van der Waals surface area contributed by atoms with Crippen molar-refractivity contribution in [2.24, 2.45) is 0 Å². The van der Waals surface area contributed by atoms with E-state index in [4.69, 9.17) is 0 Å². The van der Waals surface area contributed by atoms with Gasteiger partial charge in [0.25, 0.3) is 0 Å². The Kier molecular flexibility index (Phi) is 3.47. The lowest BCUT2D eigenvalue weighted by molar-refractivity contribution is 0.305. The van der Waals surface area contributed by atoms with E-state index in [1.54, 1.807) is 4.68 Å². The predicted molar refractivity (Wildman–Crippen MR) is 73.5 cm³/mol. The average Bonchev–Trinajstić information content (AvgIpc) is 2.80. The zero-order valence-electron chi connectivity index (χ0n) is 12.0. The average molecular weight is 286 g/mol. The molecule has 0 saturated carbocycles. The fourth-order valence-electron chi connectivity index (χ4n) is 2.34. The SMILES string of the molecule is CC(C)(C)NCc1ncnn1C1(C)CCS(=O)(=O)C1. The quantitative estimate of drug-likeness (QED) is 0.885. The van der Waals surface area contributed by atoms with Crippen molar-refractivity contribution in [1.82, 2.24) is 20.1 Å². The summed E-state index contributed by atoms with van der Waals surface area (Å²) in [6.45, 7) is 8.76. The van der Waals surface area contributed by atoms with Crippen molar-refractivity contribution in [3.8, 4) is 0 Å².